The van der Waals surface area contributed by atoms with Gasteiger partial charge in [0.25, 0.3) is 0 Å². The van der Waals surface area contributed by atoms with Crippen molar-refractivity contribution in [3.8, 4) is 0 Å². The van der Waals surface area contributed by atoms with E-state index in [1.54, 1.807) is 0 Å². The van der Waals surface area contributed by atoms with Crippen LogP contribution in [0.15, 0.2) is 22.7 Å². The van der Waals surface area contributed by atoms with Crippen LogP contribution in [-0.2, 0) is 13.1 Å². The van der Waals surface area contributed by atoms with Crippen LogP contribution in [0.3, 0.4) is 0 Å². The molecule has 0 spiro atoms. The molecule has 2 rings (SSSR count). The standard InChI is InChI=1S/C15H20BrN3O/c1-10-8-13(16)4-5-15(10)17-9-14-11(2)18-19(6-7-20)12(14)3/h4-5,8,17,20H,6-7,9H2,1-3H3. The molecular formula is C15H20BrN3O. The van der Waals surface area contributed by atoms with Crippen molar-refractivity contribution in [2.75, 3.05) is 11.9 Å². The molecule has 20 heavy (non-hydrogen) atoms. The van der Waals surface area contributed by atoms with Crippen molar-refractivity contribution in [3.63, 3.8) is 0 Å². The van der Waals surface area contributed by atoms with E-state index in [9.17, 15) is 0 Å². The number of aliphatic hydroxyl groups excluding tert-OH is 1. The normalized spacial score (nSPS) is 10.8. The van der Waals surface area contributed by atoms with E-state index in [0.29, 0.717) is 6.54 Å². The van der Waals surface area contributed by atoms with Crippen LogP contribution in [-0.4, -0.2) is 21.5 Å². The Morgan fingerprint density at radius 1 is 1.30 bits per heavy atom. The molecule has 0 saturated carbocycles. The van der Waals surface area contributed by atoms with Crippen LogP contribution in [0.25, 0.3) is 0 Å². The van der Waals surface area contributed by atoms with Crippen molar-refractivity contribution in [1.82, 2.24) is 9.78 Å². The Bertz CT molecular complexity index is 607. The van der Waals surface area contributed by atoms with Gasteiger partial charge in [0.1, 0.15) is 0 Å². The van der Waals surface area contributed by atoms with Gasteiger partial charge in [-0.05, 0) is 44.5 Å². The van der Waals surface area contributed by atoms with E-state index >= 15 is 0 Å². The molecule has 0 aliphatic heterocycles. The monoisotopic (exact) mass is 337 g/mol. The lowest BCUT2D eigenvalue weighted by Crippen LogP contribution is -2.07. The quantitative estimate of drug-likeness (QED) is 0.880. The zero-order valence-electron chi connectivity index (χ0n) is 12.1. The fraction of sp³-hybridized carbons (Fsp3) is 0.400. The van der Waals surface area contributed by atoms with Crippen molar-refractivity contribution in [2.45, 2.75) is 33.9 Å². The fourth-order valence-corrected chi connectivity index (χ4v) is 2.79. The summed E-state index contributed by atoms with van der Waals surface area (Å²) >= 11 is 3.47. The van der Waals surface area contributed by atoms with Gasteiger partial charge in [0.05, 0.1) is 18.8 Å². The van der Waals surface area contributed by atoms with Gasteiger partial charge in [0.2, 0.25) is 0 Å². The molecular weight excluding hydrogens is 318 g/mol. The second kappa shape index (κ2) is 6.41. The molecule has 1 aromatic carbocycles. The number of aromatic nitrogens is 2. The van der Waals surface area contributed by atoms with Crippen LogP contribution in [0.2, 0.25) is 0 Å². The molecule has 0 radical (unpaired) electrons. The van der Waals surface area contributed by atoms with E-state index in [0.717, 1.165) is 28.1 Å². The van der Waals surface area contributed by atoms with Crippen molar-refractivity contribution < 1.29 is 5.11 Å². The minimum atomic E-state index is 0.112. The zero-order chi connectivity index (χ0) is 14.7. The molecule has 108 valence electrons. The Kier molecular flexibility index (Phi) is 4.83. The van der Waals surface area contributed by atoms with Gasteiger partial charge < -0.3 is 10.4 Å². The van der Waals surface area contributed by atoms with E-state index in [1.807, 2.05) is 24.6 Å². The molecule has 0 amide bonds. The predicted molar refractivity (Wildman–Crippen MR) is 85.0 cm³/mol. The summed E-state index contributed by atoms with van der Waals surface area (Å²) in [5.41, 5.74) is 5.65. The van der Waals surface area contributed by atoms with Crippen LogP contribution in [0, 0.1) is 20.8 Å². The molecule has 0 saturated heterocycles. The molecule has 1 aromatic heterocycles. The van der Waals surface area contributed by atoms with Gasteiger partial charge in [0.15, 0.2) is 0 Å². The third-order valence-corrected chi connectivity index (χ3v) is 3.98. The van der Waals surface area contributed by atoms with Crippen LogP contribution < -0.4 is 5.32 Å². The average Bonchev–Trinajstić information content (AvgIpc) is 2.65. The summed E-state index contributed by atoms with van der Waals surface area (Å²) in [6.07, 6.45) is 0. The number of rotatable bonds is 5. The van der Waals surface area contributed by atoms with Gasteiger partial charge in [-0.1, -0.05) is 15.9 Å². The number of aliphatic hydroxyl groups is 1. The first-order valence-corrected chi connectivity index (χ1v) is 7.46. The number of hydrogen-bond donors (Lipinski definition) is 2. The van der Waals surface area contributed by atoms with E-state index in [1.165, 1.54) is 11.1 Å². The number of nitrogens with one attached hydrogen (secondary N) is 1. The number of anilines is 1. The highest BCUT2D eigenvalue weighted by atomic mass is 79.9. The van der Waals surface area contributed by atoms with E-state index in [-0.39, 0.29) is 6.61 Å². The summed E-state index contributed by atoms with van der Waals surface area (Å²) in [5, 5.41) is 16.9. The van der Waals surface area contributed by atoms with Gasteiger partial charge in [-0.3, -0.25) is 4.68 Å². The van der Waals surface area contributed by atoms with Gasteiger partial charge in [0, 0.05) is 28.0 Å². The smallest absolute Gasteiger partial charge is 0.0646 e. The van der Waals surface area contributed by atoms with Crippen molar-refractivity contribution >= 4 is 21.6 Å². The first kappa shape index (κ1) is 15.1. The summed E-state index contributed by atoms with van der Waals surface area (Å²) in [5.74, 6) is 0. The number of benzene rings is 1. The van der Waals surface area contributed by atoms with Crippen molar-refractivity contribution in [2.24, 2.45) is 0 Å². The SMILES string of the molecule is Cc1cc(Br)ccc1NCc1c(C)nn(CCO)c1C. The van der Waals surface area contributed by atoms with Crippen molar-refractivity contribution in [3.05, 3.63) is 45.2 Å². The molecule has 5 heteroatoms. The highest BCUT2D eigenvalue weighted by Gasteiger charge is 2.11. The maximum Gasteiger partial charge on any atom is 0.0646 e. The van der Waals surface area contributed by atoms with Crippen LogP contribution in [0.1, 0.15) is 22.5 Å². The minimum Gasteiger partial charge on any atom is -0.394 e. The maximum absolute atomic E-state index is 9.03. The Morgan fingerprint density at radius 3 is 2.70 bits per heavy atom. The molecule has 0 unspecified atom stereocenters. The predicted octanol–water partition coefficient (Wildman–Crippen LogP) is 3.18. The number of aryl methyl sites for hydroxylation is 2. The molecule has 2 N–H and O–H groups in total. The largest absolute Gasteiger partial charge is 0.394 e. The second-order valence-electron chi connectivity index (χ2n) is 4.91. The van der Waals surface area contributed by atoms with Gasteiger partial charge >= 0.3 is 0 Å². The molecule has 4 nitrogen and oxygen atoms in total. The Labute approximate surface area is 127 Å². The molecule has 0 aliphatic rings. The highest BCUT2D eigenvalue weighted by Crippen LogP contribution is 2.22. The van der Waals surface area contributed by atoms with Crippen LogP contribution >= 0.6 is 15.9 Å². The van der Waals surface area contributed by atoms with Crippen molar-refractivity contribution in [1.29, 1.82) is 0 Å². The summed E-state index contributed by atoms with van der Waals surface area (Å²) < 4.78 is 2.95. The second-order valence-corrected chi connectivity index (χ2v) is 5.82. The average molecular weight is 338 g/mol. The van der Waals surface area contributed by atoms with Gasteiger partial charge in [-0.25, -0.2) is 0 Å². The molecule has 1 heterocycles. The topological polar surface area (TPSA) is 50.1 Å². The molecule has 0 aliphatic carbocycles. The summed E-state index contributed by atoms with van der Waals surface area (Å²) in [4.78, 5) is 0. The first-order chi connectivity index (χ1) is 9.52. The van der Waals surface area contributed by atoms with E-state index in [4.69, 9.17) is 5.11 Å². The lowest BCUT2D eigenvalue weighted by molar-refractivity contribution is 0.268. The maximum atomic E-state index is 9.03. The molecule has 2 aromatic rings. The first-order valence-electron chi connectivity index (χ1n) is 6.66. The molecule has 0 atom stereocenters. The Hall–Kier alpha value is -1.33. The lowest BCUT2D eigenvalue weighted by atomic mass is 10.1. The highest BCUT2D eigenvalue weighted by molar-refractivity contribution is 9.10. The van der Waals surface area contributed by atoms with Crippen LogP contribution in [0.5, 0.6) is 0 Å². The molecule has 0 bridgehead atoms. The Morgan fingerprint density at radius 2 is 2.05 bits per heavy atom. The van der Waals surface area contributed by atoms with Gasteiger partial charge in [-0.15, -0.1) is 0 Å². The number of halogens is 1. The summed E-state index contributed by atoms with van der Waals surface area (Å²) in [6, 6.07) is 6.20. The lowest BCUT2D eigenvalue weighted by Gasteiger charge is -2.10. The fourth-order valence-electron chi connectivity index (χ4n) is 2.31. The minimum absolute atomic E-state index is 0.112. The summed E-state index contributed by atoms with van der Waals surface area (Å²) in [7, 11) is 0. The van der Waals surface area contributed by atoms with E-state index in [2.05, 4.69) is 45.4 Å². The van der Waals surface area contributed by atoms with E-state index < -0.39 is 0 Å². The third kappa shape index (κ3) is 3.22. The zero-order valence-corrected chi connectivity index (χ0v) is 13.7. The number of hydrogen-bond acceptors (Lipinski definition) is 3. The third-order valence-electron chi connectivity index (χ3n) is 3.49. The van der Waals surface area contributed by atoms with Crippen LogP contribution in [0.4, 0.5) is 5.69 Å². The summed E-state index contributed by atoms with van der Waals surface area (Å²) in [6.45, 7) is 7.53. The number of nitrogens with zero attached hydrogens (tertiary/aromatic N) is 2. The molecule has 0 fully saturated rings. The Balaban J connectivity index is 2.14. The van der Waals surface area contributed by atoms with Gasteiger partial charge in [-0.2, -0.15) is 5.10 Å².